The molecule has 2 aromatic carbocycles. The maximum absolute atomic E-state index is 9.04. The predicted molar refractivity (Wildman–Crippen MR) is 125 cm³/mol. The third kappa shape index (κ3) is 5.11. The number of thiazole rings is 1. The van der Waals surface area contributed by atoms with Gasteiger partial charge in [-0.1, -0.05) is 24.3 Å². The number of nitrogens with zero attached hydrogens (tertiary/aromatic N) is 4. The van der Waals surface area contributed by atoms with Crippen LogP contribution in [-0.2, 0) is 0 Å². The van der Waals surface area contributed by atoms with Crippen LogP contribution in [-0.4, -0.2) is 31.2 Å². The molecule has 0 bridgehead atoms. The standard InChI is InChI=1S/C24H24N4O2S/c1-16(2)14-26-24-28(27-17(3)19-8-6-18(13-25)7-9-19)22(15-31-24)21-12-20(29-4)10-11-23(21)30-5/h6-12,15H,1,14H2,2-5H3/b26-24?,27-17-. The molecule has 0 N–H and O–H groups in total. The summed E-state index contributed by atoms with van der Waals surface area (Å²) in [6, 6.07) is 15.1. The van der Waals surface area contributed by atoms with Gasteiger partial charge in [-0.3, -0.25) is 4.99 Å². The van der Waals surface area contributed by atoms with Crippen molar-refractivity contribution in [3.8, 4) is 28.8 Å². The van der Waals surface area contributed by atoms with Gasteiger partial charge >= 0.3 is 0 Å². The molecule has 0 fully saturated rings. The number of rotatable bonds is 7. The number of hydrogen-bond donors (Lipinski definition) is 0. The van der Waals surface area contributed by atoms with E-state index in [-0.39, 0.29) is 0 Å². The van der Waals surface area contributed by atoms with Crippen molar-refractivity contribution in [3.05, 3.63) is 75.9 Å². The number of hydrogen-bond acceptors (Lipinski definition) is 6. The van der Waals surface area contributed by atoms with Crippen molar-refractivity contribution >= 4 is 17.0 Å². The van der Waals surface area contributed by atoms with E-state index < -0.39 is 0 Å². The van der Waals surface area contributed by atoms with E-state index in [0.29, 0.717) is 17.9 Å². The van der Waals surface area contributed by atoms with Crippen LogP contribution in [0.15, 0.2) is 70.1 Å². The highest BCUT2D eigenvalue weighted by atomic mass is 32.1. The lowest BCUT2D eigenvalue weighted by Gasteiger charge is -2.12. The molecule has 158 valence electrons. The minimum absolute atomic E-state index is 0.515. The molecule has 0 saturated carbocycles. The number of ether oxygens (including phenoxy) is 2. The molecule has 7 heteroatoms. The SMILES string of the molecule is C=C(C)CN=c1scc(-c2cc(OC)ccc2OC)n1/N=C(/C)c1ccc(C#N)cc1. The topological polar surface area (TPSA) is 71.9 Å². The molecule has 0 aliphatic carbocycles. The Morgan fingerprint density at radius 2 is 1.87 bits per heavy atom. The molecular formula is C24H24N4O2S. The molecule has 0 atom stereocenters. The summed E-state index contributed by atoms with van der Waals surface area (Å²) < 4.78 is 12.8. The van der Waals surface area contributed by atoms with Crippen LogP contribution in [0.1, 0.15) is 25.0 Å². The fraction of sp³-hybridized carbons (Fsp3) is 0.208. The van der Waals surface area contributed by atoms with E-state index >= 15 is 0 Å². The molecule has 0 aliphatic heterocycles. The Labute approximate surface area is 186 Å². The zero-order chi connectivity index (χ0) is 22.4. The average molecular weight is 433 g/mol. The van der Waals surface area contributed by atoms with Crippen LogP contribution in [0, 0.1) is 11.3 Å². The second-order valence-electron chi connectivity index (χ2n) is 6.93. The lowest BCUT2D eigenvalue weighted by Crippen LogP contribution is -2.15. The molecule has 0 amide bonds. The molecule has 6 nitrogen and oxygen atoms in total. The molecule has 3 aromatic rings. The smallest absolute Gasteiger partial charge is 0.206 e. The first kappa shape index (κ1) is 22.1. The molecule has 0 saturated heterocycles. The molecule has 1 aromatic heterocycles. The number of aromatic nitrogens is 1. The zero-order valence-corrected chi connectivity index (χ0v) is 18.9. The first-order valence-corrected chi connectivity index (χ1v) is 10.5. The highest BCUT2D eigenvalue weighted by molar-refractivity contribution is 7.07. The molecular weight excluding hydrogens is 408 g/mol. The van der Waals surface area contributed by atoms with Gasteiger partial charge in [0.2, 0.25) is 4.80 Å². The number of benzene rings is 2. The third-order valence-electron chi connectivity index (χ3n) is 4.53. The van der Waals surface area contributed by atoms with Crippen molar-refractivity contribution in [1.29, 1.82) is 5.26 Å². The molecule has 0 unspecified atom stereocenters. The fourth-order valence-electron chi connectivity index (χ4n) is 2.90. The monoisotopic (exact) mass is 432 g/mol. The van der Waals surface area contributed by atoms with Crippen LogP contribution in [0.4, 0.5) is 0 Å². The van der Waals surface area contributed by atoms with Gasteiger partial charge in [0.15, 0.2) is 0 Å². The van der Waals surface area contributed by atoms with E-state index in [2.05, 4.69) is 17.6 Å². The lowest BCUT2D eigenvalue weighted by atomic mass is 10.1. The van der Waals surface area contributed by atoms with E-state index in [0.717, 1.165) is 38.7 Å². The fourth-order valence-corrected chi connectivity index (χ4v) is 3.72. The summed E-state index contributed by atoms with van der Waals surface area (Å²) in [7, 11) is 3.27. The van der Waals surface area contributed by atoms with Crippen LogP contribution in [0.3, 0.4) is 0 Å². The van der Waals surface area contributed by atoms with Crippen molar-refractivity contribution in [2.75, 3.05) is 20.8 Å². The summed E-state index contributed by atoms with van der Waals surface area (Å²) >= 11 is 1.50. The van der Waals surface area contributed by atoms with Crippen molar-refractivity contribution in [2.45, 2.75) is 13.8 Å². The minimum atomic E-state index is 0.515. The largest absolute Gasteiger partial charge is 0.497 e. The van der Waals surface area contributed by atoms with Gasteiger partial charge in [-0.25, -0.2) is 4.68 Å². The lowest BCUT2D eigenvalue weighted by molar-refractivity contribution is 0.404. The van der Waals surface area contributed by atoms with Crippen LogP contribution in [0.2, 0.25) is 0 Å². The third-order valence-corrected chi connectivity index (χ3v) is 5.39. The quantitative estimate of drug-likeness (QED) is 0.396. The Hall–Kier alpha value is -3.63. The summed E-state index contributed by atoms with van der Waals surface area (Å²) in [5.41, 5.74) is 4.99. The van der Waals surface area contributed by atoms with Gasteiger partial charge in [-0.2, -0.15) is 10.4 Å². The van der Waals surface area contributed by atoms with E-state index in [1.165, 1.54) is 11.3 Å². The van der Waals surface area contributed by atoms with Crippen LogP contribution >= 0.6 is 11.3 Å². The van der Waals surface area contributed by atoms with Crippen molar-refractivity contribution in [1.82, 2.24) is 4.68 Å². The Bertz CT molecular complexity index is 1230. The molecule has 1 heterocycles. The van der Waals surface area contributed by atoms with Gasteiger partial charge in [-0.15, -0.1) is 11.3 Å². The summed E-state index contributed by atoms with van der Waals surface area (Å²) in [6.45, 7) is 8.33. The Morgan fingerprint density at radius 3 is 2.48 bits per heavy atom. The maximum atomic E-state index is 9.04. The normalized spacial score (nSPS) is 11.8. The molecule has 0 spiro atoms. The van der Waals surface area contributed by atoms with E-state index in [4.69, 9.17) is 19.8 Å². The average Bonchev–Trinajstić information content (AvgIpc) is 3.19. The molecule has 0 aliphatic rings. The first-order valence-electron chi connectivity index (χ1n) is 9.60. The second-order valence-corrected chi connectivity index (χ2v) is 7.77. The maximum Gasteiger partial charge on any atom is 0.206 e. The second kappa shape index (κ2) is 9.92. The number of methoxy groups -OCH3 is 2. The van der Waals surface area contributed by atoms with E-state index in [9.17, 15) is 0 Å². The molecule has 0 radical (unpaired) electrons. The highest BCUT2D eigenvalue weighted by Crippen LogP contribution is 2.33. The van der Waals surface area contributed by atoms with E-state index in [1.807, 2.05) is 54.2 Å². The van der Waals surface area contributed by atoms with E-state index in [1.54, 1.807) is 26.4 Å². The highest BCUT2D eigenvalue weighted by Gasteiger charge is 2.15. The Morgan fingerprint density at radius 1 is 1.13 bits per heavy atom. The van der Waals surface area contributed by atoms with Gasteiger partial charge in [-0.05, 0) is 49.7 Å². The van der Waals surface area contributed by atoms with Crippen LogP contribution in [0.25, 0.3) is 11.3 Å². The van der Waals surface area contributed by atoms with Crippen molar-refractivity contribution in [3.63, 3.8) is 0 Å². The zero-order valence-electron chi connectivity index (χ0n) is 18.0. The van der Waals surface area contributed by atoms with Gasteiger partial charge in [0, 0.05) is 10.9 Å². The first-order chi connectivity index (χ1) is 15.0. The minimum Gasteiger partial charge on any atom is -0.497 e. The van der Waals surface area contributed by atoms with Crippen molar-refractivity contribution in [2.24, 2.45) is 10.1 Å². The Kier molecular flexibility index (Phi) is 7.06. The van der Waals surface area contributed by atoms with Gasteiger partial charge in [0.05, 0.1) is 43.8 Å². The van der Waals surface area contributed by atoms with Crippen LogP contribution < -0.4 is 14.3 Å². The van der Waals surface area contributed by atoms with Gasteiger partial charge < -0.3 is 9.47 Å². The molecule has 31 heavy (non-hydrogen) atoms. The van der Waals surface area contributed by atoms with Crippen molar-refractivity contribution < 1.29 is 9.47 Å². The Balaban J connectivity index is 2.20. The summed E-state index contributed by atoms with van der Waals surface area (Å²) in [5, 5.41) is 15.9. The van der Waals surface area contributed by atoms with Crippen LogP contribution in [0.5, 0.6) is 11.5 Å². The molecule has 3 rings (SSSR count). The summed E-state index contributed by atoms with van der Waals surface area (Å²) in [6.07, 6.45) is 0. The predicted octanol–water partition coefficient (Wildman–Crippen LogP) is 4.85. The summed E-state index contributed by atoms with van der Waals surface area (Å²) in [4.78, 5) is 5.43. The van der Waals surface area contributed by atoms with Gasteiger partial charge in [0.25, 0.3) is 0 Å². The van der Waals surface area contributed by atoms with Gasteiger partial charge in [0.1, 0.15) is 11.5 Å². The summed E-state index contributed by atoms with van der Waals surface area (Å²) in [5.74, 6) is 1.44. The number of nitriles is 1.